The number of allylic oxidation sites excluding steroid dienone is 2. The van der Waals surface area contributed by atoms with Gasteiger partial charge >= 0.3 is 47.8 Å². The molecule has 452 valence electrons. The monoisotopic (exact) mass is 1150 g/mol. The number of benzene rings is 1. The molecular formula is C61H82O21. The molecule has 82 heavy (non-hydrogen) atoms. The van der Waals surface area contributed by atoms with Crippen LogP contribution in [0.4, 0.5) is 0 Å². The molecule has 2 heterocycles. The Morgan fingerprint density at radius 2 is 1.15 bits per heavy atom. The molecule has 0 aromatic heterocycles. The fourth-order valence-corrected chi connectivity index (χ4v) is 16.1. The molecular weight excluding hydrogens is 1070 g/mol. The minimum absolute atomic E-state index is 0.0312. The van der Waals surface area contributed by atoms with Crippen LogP contribution < -0.4 is 0 Å². The standard InChI is InChI=1S/C61H82O21/c1-31(62)74-44-43(81-54-49(78-35(5)66)46(76-33(3)64)45(75-32(2)63)47(82-54)52(69)71-13)40(30-73-51(68)36-18-16-15-17-19-36)79-53(48(44)77-34(4)65)80-42-21-22-59(10)41(56(42,6)7)20-23-61(12)50(59)39(67)28-37-38-29-58(9,55(70)72-14)25-24-57(38,8)26-27-60(37,61)11/h15-19,28,38,40-50,53-54H,20-27,29-30H2,1-14H3/t38-,40-,41+,42+,43-,44+,45+,46+,47+,48-,49-,50-,53-,54-,57-,58+,59+,60-,61-/m1/s1. The summed E-state index contributed by atoms with van der Waals surface area (Å²) in [5.41, 5.74) is -1.41. The van der Waals surface area contributed by atoms with E-state index in [1.54, 1.807) is 18.2 Å². The molecule has 0 amide bonds. The van der Waals surface area contributed by atoms with Gasteiger partial charge in [0.25, 0.3) is 0 Å². The highest BCUT2D eigenvalue weighted by Gasteiger charge is 2.71. The molecule has 21 heteroatoms. The summed E-state index contributed by atoms with van der Waals surface area (Å²) in [6.07, 6.45) is -9.64. The van der Waals surface area contributed by atoms with Gasteiger partial charge in [-0.25, -0.2) is 9.59 Å². The lowest BCUT2D eigenvalue weighted by Gasteiger charge is -2.70. The Kier molecular flexibility index (Phi) is 17.7. The molecule has 21 nitrogen and oxygen atoms in total. The first-order valence-electron chi connectivity index (χ1n) is 28.5. The van der Waals surface area contributed by atoms with E-state index in [1.165, 1.54) is 19.2 Å². The van der Waals surface area contributed by atoms with E-state index in [9.17, 15) is 38.4 Å². The normalized spacial score (nSPS) is 40.0. The second-order valence-electron chi connectivity index (χ2n) is 25.7. The van der Waals surface area contributed by atoms with Crippen molar-refractivity contribution < 1.29 is 100.0 Å². The van der Waals surface area contributed by atoms with Crippen LogP contribution in [0, 0.1) is 50.2 Å². The number of ketones is 1. The van der Waals surface area contributed by atoms with Gasteiger partial charge in [-0.1, -0.05) is 65.3 Å². The molecule has 2 aliphatic heterocycles. The quantitative estimate of drug-likeness (QED) is 0.103. The average molecular weight is 1150 g/mol. The van der Waals surface area contributed by atoms with Crippen molar-refractivity contribution in [2.24, 2.45) is 50.2 Å². The summed E-state index contributed by atoms with van der Waals surface area (Å²) in [5, 5.41) is 0. The van der Waals surface area contributed by atoms with Gasteiger partial charge in [0.15, 0.2) is 55.0 Å². The number of carbonyl (C=O) groups is 9. The van der Waals surface area contributed by atoms with Crippen LogP contribution in [0.5, 0.6) is 0 Å². The number of ether oxygens (including phenoxy) is 12. The van der Waals surface area contributed by atoms with Crippen LogP contribution in [0.25, 0.3) is 0 Å². The Labute approximate surface area is 479 Å². The lowest BCUT2D eigenvalue weighted by Crippen LogP contribution is -2.69. The zero-order valence-corrected chi connectivity index (χ0v) is 49.7. The zero-order valence-electron chi connectivity index (χ0n) is 49.7. The molecule has 1 aromatic carbocycles. The third-order valence-corrected chi connectivity index (χ3v) is 20.2. The van der Waals surface area contributed by atoms with Crippen molar-refractivity contribution in [1.82, 2.24) is 0 Å². The smallest absolute Gasteiger partial charge is 0.339 e. The van der Waals surface area contributed by atoms with Crippen molar-refractivity contribution in [1.29, 1.82) is 0 Å². The van der Waals surface area contributed by atoms with Crippen LogP contribution in [-0.4, -0.2) is 142 Å². The van der Waals surface area contributed by atoms with Gasteiger partial charge in [0.1, 0.15) is 18.8 Å². The molecule has 0 N–H and O–H groups in total. The maximum Gasteiger partial charge on any atom is 0.339 e. The van der Waals surface area contributed by atoms with E-state index in [2.05, 4.69) is 41.5 Å². The summed E-state index contributed by atoms with van der Waals surface area (Å²) in [7, 11) is 2.46. The highest BCUT2D eigenvalue weighted by atomic mass is 16.8. The Balaban J connectivity index is 1.15. The van der Waals surface area contributed by atoms with E-state index in [1.807, 2.05) is 13.0 Å². The molecule has 0 bridgehead atoms. The van der Waals surface area contributed by atoms with Gasteiger partial charge in [-0.2, -0.15) is 0 Å². The topological polar surface area (TPSA) is 264 Å². The minimum Gasteiger partial charge on any atom is -0.469 e. The summed E-state index contributed by atoms with van der Waals surface area (Å²) in [5.74, 6) is -7.09. The molecule has 1 aromatic rings. The van der Waals surface area contributed by atoms with E-state index in [0.717, 1.165) is 85.8 Å². The second kappa shape index (κ2) is 23.4. The van der Waals surface area contributed by atoms with Crippen molar-refractivity contribution in [3.05, 3.63) is 47.5 Å². The summed E-state index contributed by atoms with van der Waals surface area (Å²) >= 11 is 0. The fraction of sp³-hybridized carbons (Fsp3) is 0.721. The molecule has 0 unspecified atom stereocenters. The lowest BCUT2D eigenvalue weighted by molar-refractivity contribution is -0.366. The summed E-state index contributed by atoms with van der Waals surface area (Å²) in [6, 6.07) is 8.02. The predicted molar refractivity (Wildman–Crippen MR) is 285 cm³/mol. The van der Waals surface area contributed by atoms with Gasteiger partial charge in [-0.05, 0) is 122 Å². The van der Waals surface area contributed by atoms with Crippen LogP contribution in [0.2, 0.25) is 0 Å². The molecule has 4 saturated carbocycles. The van der Waals surface area contributed by atoms with Crippen molar-refractivity contribution in [3.8, 4) is 0 Å². The number of hydrogen-bond donors (Lipinski definition) is 0. The van der Waals surface area contributed by atoms with Gasteiger partial charge in [-0.15, -0.1) is 0 Å². The largest absolute Gasteiger partial charge is 0.469 e. The van der Waals surface area contributed by atoms with Gasteiger partial charge in [0.2, 0.25) is 0 Å². The zero-order chi connectivity index (χ0) is 60.2. The Hall–Kier alpha value is -5.77. The number of fused-ring (bicyclic) bond motifs is 7. The number of hydrogen-bond acceptors (Lipinski definition) is 21. The molecule has 0 radical (unpaired) electrons. The lowest BCUT2D eigenvalue weighted by atomic mass is 9.33. The minimum atomic E-state index is -1.98. The highest BCUT2D eigenvalue weighted by Crippen LogP contribution is 2.75. The van der Waals surface area contributed by atoms with Gasteiger partial charge in [0, 0.05) is 40.5 Å². The maximum atomic E-state index is 15.3. The summed E-state index contributed by atoms with van der Waals surface area (Å²) in [4.78, 5) is 121. The SMILES string of the molecule is COC(=O)[C@H]1O[C@@H](O[C@H]2[C@H](OC(C)=O)[C@@H](OC(C)=O)[C@@H](O[C@H]3CC[C@]4(C)[C@H]5C(=O)C=C6[C@H]7C[C@@](C)(C(=O)OC)CC[C@]7(C)CC[C@@]6(C)[C@]5(C)CC[C@H]4C3(C)C)O[C@@H]2COC(=O)c2ccccc2)[C@H](OC(C)=O)[C@@H](OC(C)=O)[C@@H]1OC(C)=O. The summed E-state index contributed by atoms with van der Waals surface area (Å²) in [6.45, 7) is 20.0. The molecule has 0 spiro atoms. The summed E-state index contributed by atoms with van der Waals surface area (Å²) < 4.78 is 71.5. The number of carbonyl (C=O) groups excluding carboxylic acids is 9. The van der Waals surface area contributed by atoms with E-state index < -0.39 is 138 Å². The Morgan fingerprint density at radius 1 is 0.598 bits per heavy atom. The van der Waals surface area contributed by atoms with Crippen LogP contribution in [0.1, 0.15) is 151 Å². The third kappa shape index (κ3) is 11.4. The Morgan fingerprint density at radius 3 is 1.72 bits per heavy atom. The molecule has 7 aliphatic rings. The molecule has 5 aliphatic carbocycles. The second-order valence-corrected chi connectivity index (χ2v) is 25.7. The molecule has 6 fully saturated rings. The van der Waals surface area contributed by atoms with Crippen LogP contribution >= 0.6 is 0 Å². The van der Waals surface area contributed by atoms with Crippen molar-refractivity contribution in [2.75, 3.05) is 20.8 Å². The number of esters is 8. The highest BCUT2D eigenvalue weighted by molar-refractivity contribution is 5.96. The Bertz CT molecular complexity index is 2700. The fourth-order valence-electron chi connectivity index (χ4n) is 16.1. The molecule has 8 rings (SSSR count). The average Bonchev–Trinajstić information content (AvgIpc) is 2.12. The maximum absolute atomic E-state index is 15.3. The van der Waals surface area contributed by atoms with Gasteiger partial charge < -0.3 is 56.8 Å². The van der Waals surface area contributed by atoms with E-state index in [4.69, 9.17) is 56.8 Å². The van der Waals surface area contributed by atoms with Crippen molar-refractivity contribution >= 4 is 53.5 Å². The first-order chi connectivity index (χ1) is 38.4. The first-order valence-corrected chi connectivity index (χ1v) is 28.5. The van der Waals surface area contributed by atoms with Crippen molar-refractivity contribution in [3.63, 3.8) is 0 Å². The number of rotatable bonds is 14. The van der Waals surface area contributed by atoms with E-state index >= 15 is 4.79 Å². The van der Waals surface area contributed by atoms with Crippen LogP contribution in [-0.2, 0) is 95.2 Å². The van der Waals surface area contributed by atoms with Crippen LogP contribution in [0.15, 0.2) is 42.0 Å². The van der Waals surface area contributed by atoms with Crippen molar-refractivity contribution in [2.45, 2.75) is 208 Å². The van der Waals surface area contributed by atoms with Gasteiger partial charge in [-0.3, -0.25) is 33.6 Å². The predicted octanol–water partition coefficient (Wildman–Crippen LogP) is 7.05. The third-order valence-electron chi connectivity index (χ3n) is 20.2. The van der Waals surface area contributed by atoms with E-state index in [0.29, 0.717) is 19.3 Å². The number of methoxy groups -OCH3 is 2. The van der Waals surface area contributed by atoms with E-state index in [-0.39, 0.29) is 45.9 Å². The first kappa shape index (κ1) is 62.3. The molecule has 2 saturated heterocycles. The van der Waals surface area contributed by atoms with Gasteiger partial charge in [0.05, 0.1) is 31.3 Å². The molecule has 19 atom stereocenters. The van der Waals surface area contributed by atoms with Crippen LogP contribution in [0.3, 0.4) is 0 Å².